The van der Waals surface area contributed by atoms with Crippen molar-refractivity contribution in [2.24, 2.45) is 5.73 Å². The van der Waals surface area contributed by atoms with E-state index in [1.54, 1.807) is 30.5 Å². The van der Waals surface area contributed by atoms with Gasteiger partial charge in [-0.25, -0.2) is 9.78 Å². The molecular weight excluding hydrogens is 342 g/mol. The fraction of sp³-hybridized carbons (Fsp3) is 0.222. The quantitative estimate of drug-likeness (QED) is 0.780. The van der Waals surface area contributed by atoms with E-state index in [0.29, 0.717) is 29.0 Å². The van der Waals surface area contributed by atoms with Crippen LogP contribution in [0.4, 0.5) is 4.79 Å². The number of hydrogen-bond donors (Lipinski definition) is 2. The molecule has 0 aliphatic heterocycles. The summed E-state index contributed by atoms with van der Waals surface area (Å²) in [6.45, 7) is 4.30. The van der Waals surface area contributed by atoms with E-state index in [1.165, 1.54) is 0 Å². The summed E-state index contributed by atoms with van der Waals surface area (Å²) in [4.78, 5) is 15.0. The second-order valence-electron chi connectivity index (χ2n) is 5.21. The highest BCUT2D eigenvalue weighted by Crippen LogP contribution is 2.31. The van der Waals surface area contributed by atoms with Crippen molar-refractivity contribution in [1.29, 1.82) is 0 Å². The smallest absolute Gasteiger partial charge is 0.312 e. The number of hydrogen-bond acceptors (Lipinski definition) is 4. The Morgan fingerprint density at radius 3 is 2.80 bits per heavy atom. The van der Waals surface area contributed by atoms with Gasteiger partial charge < -0.3 is 20.5 Å². The number of carbonyl (C=O) groups excluding carboxylic acids is 1. The van der Waals surface area contributed by atoms with Gasteiger partial charge in [0.1, 0.15) is 11.5 Å². The Kier molecular flexibility index (Phi) is 6.65. The van der Waals surface area contributed by atoms with Crippen LogP contribution in [-0.2, 0) is 0 Å². The van der Waals surface area contributed by atoms with Crippen molar-refractivity contribution in [1.82, 2.24) is 10.3 Å². The molecule has 1 atom stereocenters. The van der Waals surface area contributed by atoms with Crippen LogP contribution >= 0.6 is 11.6 Å². The van der Waals surface area contributed by atoms with Crippen molar-refractivity contribution in [3.63, 3.8) is 0 Å². The first-order valence-corrected chi connectivity index (χ1v) is 8.16. The molecular formula is C18H20ClN3O3. The summed E-state index contributed by atoms with van der Waals surface area (Å²) in [5.74, 6) is 1.61. The summed E-state index contributed by atoms with van der Waals surface area (Å²) in [6.07, 6.45) is 5.30. The molecule has 0 aliphatic rings. The van der Waals surface area contributed by atoms with Crippen LogP contribution < -0.4 is 20.5 Å². The van der Waals surface area contributed by atoms with E-state index in [-0.39, 0.29) is 6.04 Å². The molecule has 132 valence electrons. The lowest BCUT2D eigenvalue weighted by molar-refractivity contribution is 0.247. The molecule has 0 saturated heterocycles. The van der Waals surface area contributed by atoms with Gasteiger partial charge in [0, 0.05) is 24.4 Å². The van der Waals surface area contributed by atoms with E-state index in [2.05, 4.69) is 10.3 Å². The van der Waals surface area contributed by atoms with E-state index in [4.69, 9.17) is 26.8 Å². The minimum atomic E-state index is -0.564. The molecule has 0 unspecified atom stereocenters. The first-order valence-electron chi connectivity index (χ1n) is 7.78. The largest absolute Gasteiger partial charge is 0.494 e. The number of amides is 2. The SMILES string of the molecule is CCOc1ccc(Oc2ccc(C=C[C@H](C)NC(N)=O)cn2)c(Cl)c1. The average molecular weight is 362 g/mol. The zero-order valence-electron chi connectivity index (χ0n) is 14.0. The first-order chi connectivity index (χ1) is 12.0. The lowest BCUT2D eigenvalue weighted by Crippen LogP contribution is -2.35. The molecule has 0 spiro atoms. The Hall–Kier alpha value is -2.73. The normalized spacial score (nSPS) is 12.0. The highest BCUT2D eigenvalue weighted by molar-refractivity contribution is 6.32. The number of aromatic nitrogens is 1. The van der Waals surface area contributed by atoms with Gasteiger partial charge in [0.15, 0.2) is 0 Å². The third-order valence-electron chi connectivity index (χ3n) is 3.14. The molecule has 1 aromatic carbocycles. The van der Waals surface area contributed by atoms with Crippen LogP contribution in [0.1, 0.15) is 19.4 Å². The molecule has 6 nitrogen and oxygen atoms in total. The maximum atomic E-state index is 10.8. The van der Waals surface area contributed by atoms with Crippen LogP contribution in [0.2, 0.25) is 5.02 Å². The molecule has 1 aromatic heterocycles. The third-order valence-corrected chi connectivity index (χ3v) is 3.43. The number of carbonyl (C=O) groups is 1. The number of primary amides is 1. The minimum absolute atomic E-state index is 0.170. The fourth-order valence-corrected chi connectivity index (χ4v) is 2.22. The Morgan fingerprint density at radius 1 is 1.40 bits per heavy atom. The Balaban J connectivity index is 2.00. The number of pyridine rings is 1. The van der Waals surface area contributed by atoms with Crippen LogP contribution in [0.3, 0.4) is 0 Å². The summed E-state index contributed by atoms with van der Waals surface area (Å²) in [6, 6.07) is 8.07. The summed E-state index contributed by atoms with van der Waals surface area (Å²) in [5, 5.41) is 3.01. The second-order valence-corrected chi connectivity index (χ2v) is 5.62. The van der Waals surface area contributed by atoms with Crippen LogP contribution in [0.5, 0.6) is 17.4 Å². The molecule has 0 fully saturated rings. The number of rotatable bonds is 7. The van der Waals surface area contributed by atoms with Crippen molar-refractivity contribution < 1.29 is 14.3 Å². The number of nitrogens with two attached hydrogens (primary N) is 1. The van der Waals surface area contributed by atoms with Gasteiger partial charge in [-0.2, -0.15) is 0 Å². The van der Waals surface area contributed by atoms with Crippen molar-refractivity contribution >= 4 is 23.7 Å². The van der Waals surface area contributed by atoms with Crippen LogP contribution in [0, 0.1) is 0 Å². The van der Waals surface area contributed by atoms with Gasteiger partial charge in [-0.1, -0.05) is 23.8 Å². The summed E-state index contributed by atoms with van der Waals surface area (Å²) >= 11 is 6.18. The molecule has 0 radical (unpaired) electrons. The maximum Gasteiger partial charge on any atom is 0.312 e. The monoisotopic (exact) mass is 361 g/mol. The molecule has 0 bridgehead atoms. The lowest BCUT2D eigenvalue weighted by Gasteiger charge is -2.09. The third kappa shape index (κ3) is 6.00. The summed E-state index contributed by atoms with van der Waals surface area (Å²) < 4.78 is 11.1. The molecule has 1 heterocycles. The predicted octanol–water partition coefficient (Wildman–Crippen LogP) is 4.00. The summed E-state index contributed by atoms with van der Waals surface area (Å²) in [5.41, 5.74) is 5.93. The Morgan fingerprint density at radius 2 is 2.20 bits per heavy atom. The van der Waals surface area contributed by atoms with Gasteiger partial charge in [0.2, 0.25) is 5.88 Å². The van der Waals surface area contributed by atoms with Gasteiger partial charge >= 0.3 is 6.03 Å². The number of halogens is 1. The second kappa shape index (κ2) is 8.94. The molecule has 3 N–H and O–H groups in total. The molecule has 0 saturated carbocycles. The topological polar surface area (TPSA) is 86.5 Å². The first kappa shape index (κ1) is 18.6. The number of benzene rings is 1. The van der Waals surface area contributed by atoms with Crippen molar-refractivity contribution in [2.45, 2.75) is 19.9 Å². The number of nitrogens with one attached hydrogen (secondary N) is 1. The molecule has 7 heteroatoms. The van der Waals surface area contributed by atoms with Crippen molar-refractivity contribution in [3.8, 4) is 17.4 Å². The zero-order valence-corrected chi connectivity index (χ0v) is 14.8. The van der Waals surface area contributed by atoms with E-state index in [9.17, 15) is 4.79 Å². The number of ether oxygens (including phenoxy) is 2. The number of nitrogens with zero attached hydrogens (tertiary/aromatic N) is 1. The average Bonchev–Trinajstić information content (AvgIpc) is 2.56. The molecule has 2 amide bonds. The Bertz CT molecular complexity index is 748. The van der Waals surface area contributed by atoms with E-state index in [0.717, 1.165) is 5.56 Å². The molecule has 25 heavy (non-hydrogen) atoms. The van der Waals surface area contributed by atoms with E-state index in [1.807, 2.05) is 32.1 Å². The minimum Gasteiger partial charge on any atom is -0.494 e. The maximum absolute atomic E-state index is 10.8. The Labute approximate surface area is 151 Å². The molecule has 2 rings (SSSR count). The van der Waals surface area contributed by atoms with Crippen LogP contribution in [-0.4, -0.2) is 23.7 Å². The summed E-state index contributed by atoms with van der Waals surface area (Å²) in [7, 11) is 0. The van der Waals surface area contributed by atoms with Crippen molar-refractivity contribution in [3.05, 3.63) is 53.2 Å². The van der Waals surface area contributed by atoms with E-state index >= 15 is 0 Å². The number of urea groups is 1. The van der Waals surface area contributed by atoms with Gasteiger partial charge in [-0.05, 0) is 37.6 Å². The van der Waals surface area contributed by atoms with Crippen molar-refractivity contribution in [2.75, 3.05) is 6.61 Å². The predicted molar refractivity (Wildman–Crippen MR) is 98.1 cm³/mol. The van der Waals surface area contributed by atoms with Gasteiger partial charge in [0.05, 0.1) is 11.6 Å². The standard InChI is InChI=1S/C18H20ClN3O3/c1-3-24-14-7-8-16(15(19)10-14)25-17-9-6-13(11-21-17)5-4-12(2)22-18(20)23/h4-12H,3H2,1-2H3,(H3,20,22,23)/t12-/m0/s1. The van der Waals surface area contributed by atoms with Crippen LogP contribution in [0.15, 0.2) is 42.6 Å². The highest BCUT2D eigenvalue weighted by atomic mass is 35.5. The van der Waals surface area contributed by atoms with Gasteiger partial charge in [0.25, 0.3) is 0 Å². The van der Waals surface area contributed by atoms with E-state index < -0.39 is 6.03 Å². The molecule has 0 aliphatic carbocycles. The zero-order chi connectivity index (χ0) is 18.2. The van der Waals surface area contributed by atoms with Gasteiger partial charge in [-0.15, -0.1) is 0 Å². The van der Waals surface area contributed by atoms with Gasteiger partial charge in [-0.3, -0.25) is 0 Å². The highest BCUT2D eigenvalue weighted by Gasteiger charge is 2.06. The fourth-order valence-electron chi connectivity index (χ4n) is 2.01. The lowest BCUT2D eigenvalue weighted by atomic mass is 10.2. The van der Waals surface area contributed by atoms with Crippen LogP contribution in [0.25, 0.3) is 6.08 Å². The molecule has 2 aromatic rings.